The Balaban J connectivity index is 2.19. The van der Waals surface area contributed by atoms with E-state index in [9.17, 15) is 4.39 Å². The van der Waals surface area contributed by atoms with Gasteiger partial charge < -0.3 is 10.7 Å². The van der Waals surface area contributed by atoms with E-state index in [2.05, 4.69) is 30.9 Å². The predicted octanol–water partition coefficient (Wildman–Crippen LogP) is 3.11. The van der Waals surface area contributed by atoms with Crippen molar-refractivity contribution in [3.05, 3.63) is 40.6 Å². The van der Waals surface area contributed by atoms with E-state index in [1.54, 1.807) is 12.1 Å². The predicted molar refractivity (Wildman–Crippen MR) is 71.4 cm³/mol. The van der Waals surface area contributed by atoms with Crippen LogP contribution in [0.15, 0.2) is 34.8 Å². The van der Waals surface area contributed by atoms with Gasteiger partial charge in [0.2, 0.25) is 0 Å². The molecule has 1 aromatic carbocycles. The summed E-state index contributed by atoms with van der Waals surface area (Å²) >= 11 is 3.31. The number of hydrogen-bond acceptors (Lipinski definition) is 3. The molecule has 0 aliphatic carbocycles. The van der Waals surface area contributed by atoms with E-state index >= 15 is 0 Å². The average molecular weight is 307 g/mol. The minimum Gasteiger partial charge on any atom is -0.384 e. The number of nitrogens with one attached hydrogen (secondary N) is 1. The monoisotopic (exact) mass is 306 g/mol. The number of fused-ring (bicyclic) bond motifs is 1. The van der Waals surface area contributed by atoms with Crippen LogP contribution in [0.3, 0.4) is 0 Å². The van der Waals surface area contributed by atoms with E-state index in [0.29, 0.717) is 21.8 Å². The van der Waals surface area contributed by atoms with Gasteiger partial charge in [-0.1, -0.05) is 0 Å². The highest BCUT2D eigenvalue weighted by molar-refractivity contribution is 9.10. The maximum atomic E-state index is 13.0. The van der Waals surface area contributed by atoms with Gasteiger partial charge in [-0.05, 0) is 46.3 Å². The fourth-order valence-corrected chi connectivity index (χ4v) is 2.25. The topological polar surface area (TPSA) is 67.6 Å². The second kappa shape index (κ2) is 4.06. The number of H-pyrrole nitrogens is 1. The van der Waals surface area contributed by atoms with Gasteiger partial charge in [-0.3, -0.25) is 0 Å². The second-order valence-corrected chi connectivity index (χ2v) is 4.67. The number of pyridine rings is 1. The average Bonchev–Trinajstić information content (AvgIpc) is 2.71. The van der Waals surface area contributed by atoms with E-state index in [4.69, 9.17) is 5.73 Å². The highest BCUT2D eigenvalue weighted by Crippen LogP contribution is 2.28. The van der Waals surface area contributed by atoms with Crippen molar-refractivity contribution in [2.75, 3.05) is 5.73 Å². The smallest absolute Gasteiger partial charge is 0.180 e. The molecule has 4 nitrogen and oxygen atoms in total. The molecule has 3 rings (SSSR count). The van der Waals surface area contributed by atoms with Crippen LogP contribution >= 0.6 is 15.9 Å². The zero-order chi connectivity index (χ0) is 12.7. The number of rotatable bonds is 1. The van der Waals surface area contributed by atoms with Crippen LogP contribution in [0.5, 0.6) is 0 Å². The first-order valence-corrected chi connectivity index (χ1v) is 6.00. The first-order valence-electron chi connectivity index (χ1n) is 5.21. The summed E-state index contributed by atoms with van der Waals surface area (Å²) in [5.74, 6) is 0.734. The van der Waals surface area contributed by atoms with E-state index in [1.165, 1.54) is 12.1 Å². The Morgan fingerprint density at radius 2 is 2.00 bits per heavy atom. The molecule has 0 aliphatic heterocycles. The SMILES string of the molecule is Nc1ccc2[nH]c(-c3ccc(F)cc3Br)nc2n1. The summed E-state index contributed by atoms with van der Waals surface area (Å²) in [6, 6.07) is 7.94. The first kappa shape index (κ1) is 11.2. The Hall–Kier alpha value is -1.95. The van der Waals surface area contributed by atoms with Crippen LogP contribution in [0.2, 0.25) is 0 Å². The third kappa shape index (κ3) is 1.84. The van der Waals surface area contributed by atoms with Crippen LogP contribution < -0.4 is 5.73 Å². The summed E-state index contributed by atoms with van der Waals surface area (Å²) in [5, 5.41) is 0. The summed E-state index contributed by atoms with van der Waals surface area (Å²) in [4.78, 5) is 11.6. The molecule has 6 heteroatoms. The number of aromatic amines is 1. The maximum absolute atomic E-state index is 13.0. The number of nitrogens with two attached hydrogens (primary N) is 1. The fraction of sp³-hybridized carbons (Fsp3) is 0. The third-order valence-electron chi connectivity index (χ3n) is 2.55. The van der Waals surface area contributed by atoms with E-state index in [-0.39, 0.29) is 5.82 Å². The van der Waals surface area contributed by atoms with Crippen molar-refractivity contribution < 1.29 is 4.39 Å². The van der Waals surface area contributed by atoms with Gasteiger partial charge in [0, 0.05) is 10.0 Å². The molecule has 0 fully saturated rings. The molecule has 0 saturated heterocycles. The molecule has 3 aromatic rings. The molecule has 0 saturated carbocycles. The van der Waals surface area contributed by atoms with Gasteiger partial charge in [0.25, 0.3) is 0 Å². The molecule has 2 aromatic heterocycles. The number of benzene rings is 1. The molecular formula is C12H8BrFN4. The lowest BCUT2D eigenvalue weighted by atomic mass is 10.2. The van der Waals surface area contributed by atoms with E-state index in [1.807, 2.05) is 6.07 Å². The summed E-state index contributed by atoms with van der Waals surface area (Å²) in [6.07, 6.45) is 0. The molecule has 2 heterocycles. The Morgan fingerprint density at radius 1 is 1.17 bits per heavy atom. The number of hydrogen-bond donors (Lipinski definition) is 2. The quantitative estimate of drug-likeness (QED) is 0.726. The lowest BCUT2D eigenvalue weighted by Gasteiger charge is -1.99. The van der Waals surface area contributed by atoms with Crippen LogP contribution in [0.4, 0.5) is 10.2 Å². The van der Waals surface area contributed by atoms with Gasteiger partial charge in [0.05, 0.1) is 5.52 Å². The lowest BCUT2D eigenvalue weighted by Crippen LogP contribution is -1.88. The minimum absolute atomic E-state index is 0.302. The van der Waals surface area contributed by atoms with Crippen molar-refractivity contribution in [2.24, 2.45) is 0 Å². The molecule has 0 aliphatic rings. The molecule has 0 atom stereocenters. The molecule has 0 spiro atoms. The number of halogens is 2. The lowest BCUT2D eigenvalue weighted by molar-refractivity contribution is 0.627. The van der Waals surface area contributed by atoms with Crippen LogP contribution in [0.25, 0.3) is 22.6 Å². The maximum Gasteiger partial charge on any atom is 0.180 e. The Morgan fingerprint density at radius 3 is 2.78 bits per heavy atom. The summed E-state index contributed by atoms with van der Waals surface area (Å²) in [5.41, 5.74) is 7.70. The molecular weight excluding hydrogens is 299 g/mol. The Labute approximate surface area is 110 Å². The van der Waals surface area contributed by atoms with Crippen molar-refractivity contribution in [3.8, 4) is 11.4 Å². The van der Waals surface area contributed by atoms with Crippen LogP contribution in [-0.4, -0.2) is 15.0 Å². The van der Waals surface area contributed by atoms with Crippen molar-refractivity contribution in [3.63, 3.8) is 0 Å². The highest BCUT2D eigenvalue weighted by Gasteiger charge is 2.10. The second-order valence-electron chi connectivity index (χ2n) is 3.82. The van der Waals surface area contributed by atoms with Gasteiger partial charge in [0.15, 0.2) is 5.65 Å². The third-order valence-corrected chi connectivity index (χ3v) is 3.21. The van der Waals surface area contributed by atoms with E-state index in [0.717, 1.165) is 11.1 Å². The molecule has 90 valence electrons. The number of aromatic nitrogens is 3. The van der Waals surface area contributed by atoms with Crippen molar-refractivity contribution >= 4 is 32.9 Å². The summed E-state index contributed by atoms with van der Waals surface area (Å²) in [7, 11) is 0. The number of imidazole rings is 1. The zero-order valence-corrected chi connectivity index (χ0v) is 10.7. The largest absolute Gasteiger partial charge is 0.384 e. The van der Waals surface area contributed by atoms with Crippen LogP contribution in [-0.2, 0) is 0 Å². The van der Waals surface area contributed by atoms with Crippen molar-refractivity contribution in [1.82, 2.24) is 15.0 Å². The van der Waals surface area contributed by atoms with Gasteiger partial charge in [-0.15, -0.1) is 0 Å². The molecule has 0 amide bonds. The summed E-state index contributed by atoms with van der Waals surface area (Å²) in [6.45, 7) is 0. The van der Waals surface area contributed by atoms with Gasteiger partial charge in [-0.2, -0.15) is 0 Å². The minimum atomic E-state index is -0.302. The first-order chi connectivity index (χ1) is 8.63. The van der Waals surface area contributed by atoms with E-state index < -0.39 is 0 Å². The Bertz CT molecular complexity index is 738. The Kier molecular flexibility index (Phi) is 2.52. The van der Waals surface area contributed by atoms with Crippen molar-refractivity contribution in [1.29, 1.82) is 0 Å². The zero-order valence-electron chi connectivity index (χ0n) is 9.11. The summed E-state index contributed by atoms with van der Waals surface area (Å²) < 4.78 is 13.7. The number of nitrogens with zero attached hydrogens (tertiary/aromatic N) is 2. The standard InChI is InChI=1S/C12H8BrFN4/c13-8-5-6(14)1-2-7(8)11-16-9-3-4-10(15)17-12(9)18-11/h1-5H,(H3,15,16,17,18). The molecule has 0 radical (unpaired) electrons. The van der Waals surface area contributed by atoms with Crippen LogP contribution in [0.1, 0.15) is 0 Å². The molecule has 18 heavy (non-hydrogen) atoms. The molecule has 0 bridgehead atoms. The number of anilines is 1. The van der Waals surface area contributed by atoms with Gasteiger partial charge in [0.1, 0.15) is 17.5 Å². The van der Waals surface area contributed by atoms with Gasteiger partial charge >= 0.3 is 0 Å². The van der Waals surface area contributed by atoms with Crippen LogP contribution in [0, 0.1) is 5.82 Å². The molecule has 0 unspecified atom stereocenters. The number of nitrogen functional groups attached to an aromatic ring is 1. The van der Waals surface area contributed by atoms with Crippen molar-refractivity contribution in [2.45, 2.75) is 0 Å². The van der Waals surface area contributed by atoms with Gasteiger partial charge in [-0.25, -0.2) is 14.4 Å². The fourth-order valence-electron chi connectivity index (χ4n) is 1.72. The molecule has 3 N–H and O–H groups in total. The highest BCUT2D eigenvalue weighted by atomic mass is 79.9. The normalized spacial score (nSPS) is 11.0.